The summed E-state index contributed by atoms with van der Waals surface area (Å²) in [5.41, 5.74) is 5.34. The monoisotopic (exact) mass is 365 g/mol. The maximum atomic E-state index is 12.5. The van der Waals surface area contributed by atoms with E-state index in [-0.39, 0.29) is 18.2 Å². The Hall–Kier alpha value is -2.82. The van der Waals surface area contributed by atoms with Crippen LogP contribution in [0.5, 0.6) is 0 Å². The van der Waals surface area contributed by atoms with Gasteiger partial charge in [0.2, 0.25) is 11.8 Å². The normalized spacial score (nSPS) is 14.2. The Labute approximate surface area is 161 Å². The third-order valence-corrected chi connectivity index (χ3v) is 4.82. The topological polar surface area (TPSA) is 52.7 Å². The van der Waals surface area contributed by atoms with Crippen molar-refractivity contribution in [3.63, 3.8) is 0 Å². The van der Waals surface area contributed by atoms with E-state index in [0.29, 0.717) is 13.1 Å². The first kappa shape index (κ1) is 19.0. The lowest BCUT2D eigenvalue weighted by atomic mass is 10.1. The molecule has 0 unspecified atom stereocenters. The Balaban J connectivity index is 1.51. The lowest BCUT2D eigenvalue weighted by molar-refractivity contribution is -0.134. The summed E-state index contributed by atoms with van der Waals surface area (Å²) in [5.74, 6) is -0.369. The largest absolute Gasteiger partial charge is 0.368 e. The molecule has 1 heterocycles. The molecule has 2 aromatic rings. The van der Waals surface area contributed by atoms with Crippen LogP contribution < -0.4 is 10.2 Å². The standard InChI is InChI=1S/C22H27N3O2/c1-16-5-4-6-20(14-16)24-7-9-25(10-8-24)22(27)15-21(26)23-19-12-17(2)11-18(3)13-19/h4-6,11-14H,7-10,15H2,1-3H3,(H,23,26). The number of benzene rings is 2. The van der Waals surface area contributed by atoms with Gasteiger partial charge in [-0.2, -0.15) is 0 Å². The smallest absolute Gasteiger partial charge is 0.233 e. The molecule has 0 saturated carbocycles. The molecule has 2 aromatic carbocycles. The maximum Gasteiger partial charge on any atom is 0.233 e. The number of nitrogens with one attached hydrogen (secondary N) is 1. The van der Waals surface area contributed by atoms with Crippen molar-refractivity contribution in [1.29, 1.82) is 0 Å². The molecule has 2 amide bonds. The van der Waals surface area contributed by atoms with Gasteiger partial charge in [-0.25, -0.2) is 0 Å². The Kier molecular flexibility index (Phi) is 5.79. The van der Waals surface area contributed by atoms with Gasteiger partial charge >= 0.3 is 0 Å². The van der Waals surface area contributed by atoms with E-state index in [2.05, 4.69) is 47.5 Å². The highest BCUT2D eigenvalue weighted by atomic mass is 16.2. The van der Waals surface area contributed by atoms with E-state index in [0.717, 1.165) is 29.9 Å². The SMILES string of the molecule is Cc1cc(C)cc(NC(=O)CC(=O)N2CCN(c3cccc(C)c3)CC2)c1. The quantitative estimate of drug-likeness (QED) is 0.846. The molecule has 0 aliphatic carbocycles. The van der Waals surface area contributed by atoms with E-state index < -0.39 is 0 Å². The molecular weight excluding hydrogens is 338 g/mol. The Bertz CT molecular complexity index is 819. The fourth-order valence-corrected chi connectivity index (χ4v) is 3.54. The van der Waals surface area contributed by atoms with E-state index >= 15 is 0 Å². The molecule has 3 rings (SSSR count). The van der Waals surface area contributed by atoms with Crippen molar-refractivity contribution in [2.75, 3.05) is 36.4 Å². The molecule has 5 nitrogen and oxygen atoms in total. The van der Waals surface area contributed by atoms with Crippen LogP contribution in [0.4, 0.5) is 11.4 Å². The minimum atomic E-state index is -0.258. The van der Waals surface area contributed by atoms with Crippen LogP contribution >= 0.6 is 0 Å². The molecule has 5 heteroatoms. The van der Waals surface area contributed by atoms with Crippen LogP contribution in [0, 0.1) is 20.8 Å². The second-order valence-corrected chi connectivity index (χ2v) is 7.31. The summed E-state index contributed by atoms with van der Waals surface area (Å²) in [6.07, 6.45) is -0.114. The highest BCUT2D eigenvalue weighted by Crippen LogP contribution is 2.18. The van der Waals surface area contributed by atoms with Crippen molar-refractivity contribution in [3.8, 4) is 0 Å². The molecule has 0 radical (unpaired) electrons. The summed E-state index contributed by atoms with van der Waals surface area (Å²) in [4.78, 5) is 28.8. The van der Waals surface area contributed by atoms with Crippen molar-refractivity contribution in [1.82, 2.24) is 4.90 Å². The van der Waals surface area contributed by atoms with E-state index in [1.54, 1.807) is 4.90 Å². The van der Waals surface area contributed by atoms with Gasteiger partial charge < -0.3 is 15.1 Å². The second kappa shape index (κ2) is 8.25. The summed E-state index contributed by atoms with van der Waals surface area (Å²) >= 11 is 0. The van der Waals surface area contributed by atoms with Crippen molar-refractivity contribution >= 4 is 23.2 Å². The third-order valence-electron chi connectivity index (χ3n) is 4.82. The summed E-state index contributed by atoms with van der Waals surface area (Å²) in [5, 5.41) is 2.84. The van der Waals surface area contributed by atoms with Crippen molar-refractivity contribution in [2.24, 2.45) is 0 Å². The summed E-state index contributed by atoms with van der Waals surface area (Å²) in [7, 11) is 0. The number of piperazine rings is 1. The van der Waals surface area contributed by atoms with Crippen LogP contribution in [0.3, 0.4) is 0 Å². The van der Waals surface area contributed by atoms with Crippen molar-refractivity contribution in [2.45, 2.75) is 27.2 Å². The number of hydrogen-bond donors (Lipinski definition) is 1. The minimum Gasteiger partial charge on any atom is -0.368 e. The molecule has 0 aromatic heterocycles. The highest BCUT2D eigenvalue weighted by molar-refractivity contribution is 6.03. The molecule has 1 aliphatic rings. The lowest BCUT2D eigenvalue weighted by Crippen LogP contribution is -2.49. The molecule has 1 fully saturated rings. The van der Waals surface area contributed by atoms with Gasteiger partial charge in [-0.1, -0.05) is 18.2 Å². The van der Waals surface area contributed by atoms with Crippen LogP contribution in [-0.2, 0) is 9.59 Å². The van der Waals surface area contributed by atoms with Gasteiger partial charge in [-0.3, -0.25) is 9.59 Å². The van der Waals surface area contributed by atoms with E-state index in [1.165, 1.54) is 11.3 Å². The first-order valence-corrected chi connectivity index (χ1v) is 9.38. The number of nitrogens with zero attached hydrogens (tertiary/aromatic N) is 2. The second-order valence-electron chi connectivity index (χ2n) is 7.31. The summed E-state index contributed by atoms with van der Waals surface area (Å²) in [6, 6.07) is 14.3. The first-order chi connectivity index (χ1) is 12.9. The minimum absolute atomic E-state index is 0.110. The molecule has 0 atom stereocenters. The van der Waals surface area contributed by atoms with Crippen LogP contribution in [0.2, 0.25) is 0 Å². The average Bonchev–Trinajstić information content (AvgIpc) is 2.60. The number of carbonyl (C=O) groups excluding carboxylic acids is 2. The van der Waals surface area contributed by atoms with E-state index in [1.807, 2.05) is 26.0 Å². The van der Waals surface area contributed by atoms with Gasteiger partial charge in [0.15, 0.2) is 0 Å². The molecule has 1 N–H and O–H groups in total. The van der Waals surface area contributed by atoms with Crippen LogP contribution in [0.15, 0.2) is 42.5 Å². The fourth-order valence-electron chi connectivity index (χ4n) is 3.54. The fraction of sp³-hybridized carbons (Fsp3) is 0.364. The zero-order chi connectivity index (χ0) is 19.4. The predicted octanol–water partition coefficient (Wildman–Crippen LogP) is 3.29. The lowest BCUT2D eigenvalue weighted by Gasteiger charge is -2.36. The van der Waals surface area contributed by atoms with Gasteiger partial charge in [-0.05, 0) is 61.7 Å². The molecule has 1 saturated heterocycles. The highest BCUT2D eigenvalue weighted by Gasteiger charge is 2.23. The van der Waals surface area contributed by atoms with E-state index in [9.17, 15) is 9.59 Å². The van der Waals surface area contributed by atoms with Gasteiger partial charge in [0.1, 0.15) is 6.42 Å². The van der Waals surface area contributed by atoms with Gasteiger partial charge in [0.05, 0.1) is 0 Å². The predicted molar refractivity (Wildman–Crippen MR) is 109 cm³/mol. The molecule has 0 bridgehead atoms. The van der Waals surface area contributed by atoms with Crippen LogP contribution in [-0.4, -0.2) is 42.9 Å². The number of anilines is 2. The molecule has 27 heavy (non-hydrogen) atoms. The number of carbonyl (C=O) groups is 2. The van der Waals surface area contributed by atoms with Crippen molar-refractivity contribution in [3.05, 3.63) is 59.2 Å². The molecule has 0 spiro atoms. The number of hydrogen-bond acceptors (Lipinski definition) is 3. The number of aryl methyl sites for hydroxylation is 3. The number of rotatable bonds is 4. The first-order valence-electron chi connectivity index (χ1n) is 9.38. The maximum absolute atomic E-state index is 12.5. The van der Waals surface area contributed by atoms with Crippen LogP contribution in [0.1, 0.15) is 23.1 Å². The summed E-state index contributed by atoms with van der Waals surface area (Å²) in [6.45, 7) is 8.91. The van der Waals surface area contributed by atoms with Gasteiger partial charge in [0, 0.05) is 37.6 Å². The zero-order valence-electron chi connectivity index (χ0n) is 16.3. The summed E-state index contributed by atoms with van der Waals surface area (Å²) < 4.78 is 0. The Morgan fingerprint density at radius 3 is 2.19 bits per heavy atom. The molecular formula is C22H27N3O2. The molecule has 142 valence electrons. The third kappa shape index (κ3) is 5.09. The zero-order valence-corrected chi connectivity index (χ0v) is 16.3. The average molecular weight is 365 g/mol. The van der Waals surface area contributed by atoms with Gasteiger partial charge in [0.25, 0.3) is 0 Å². The van der Waals surface area contributed by atoms with Gasteiger partial charge in [-0.15, -0.1) is 0 Å². The number of amides is 2. The molecule has 1 aliphatic heterocycles. The van der Waals surface area contributed by atoms with Crippen molar-refractivity contribution < 1.29 is 9.59 Å². The van der Waals surface area contributed by atoms with E-state index in [4.69, 9.17) is 0 Å². The Morgan fingerprint density at radius 2 is 1.56 bits per heavy atom. The Morgan fingerprint density at radius 1 is 0.889 bits per heavy atom. The van der Waals surface area contributed by atoms with Crippen LogP contribution in [0.25, 0.3) is 0 Å².